The minimum atomic E-state index is 0.0693. The lowest BCUT2D eigenvalue weighted by molar-refractivity contribution is -0.0987. The molecule has 2 unspecified atom stereocenters. The molecule has 1 aliphatic rings. The summed E-state index contributed by atoms with van der Waals surface area (Å²) < 4.78 is 11.2. The molecule has 1 rings (SSSR count). The van der Waals surface area contributed by atoms with Crippen LogP contribution in [0.2, 0.25) is 0 Å². The lowest BCUT2D eigenvalue weighted by Gasteiger charge is -2.50. The minimum Gasteiger partial charge on any atom is -0.383 e. The number of hydrogen-bond acceptors (Lipinski definition) is 4. The second-order valence-corrected chi connectivity index (χ2v) is 6.32. The number of nitrogens with two attached hydrogens (primary N) is 1. The van der Waals surface area contributed by atoms with Gasteiger partial charge in [-0.25, -0.2) is 0 Å². The van der Waals surface area contributed by atoms with E-state index in [0.717, 1.165) is 32.6 Å². The highest BCUT2D eigenvalue weighted by molar-refractivity contribution is 4.98. The van der Waals surface area contributed by atoms with Crippen molar-refractivity contribution in [1.82, 2.24) is 4.90 Å². The van der Waals surface area contributed by atoms with Crippen LogP contribution in [0.15, 0.2) is 0 Å². The fraction of sp³-hybridized carbons (Fsp3) is 1.00. The second-order valence-electron chi connectivity index (χ2n) is 6.32. The van der Waals surface area contributed by atoms with E-state index in [1.807, 2.05) is 0 Å². The molecule has 19 heavy (non-hydrogen) atoms. The van der Waals surface area contributed by atoms with Gasteiger partial charge in [0.25, 0.3) is 0 Å². The van der Waals surface area contributed by atoms with Crippen LogP contribution in [0, 0.1) is 5.92 Å². The highest BCUT2D eigenvalue weighted by Gasteiger charge is 2.42. The highest BCUT2D eigenvalue weighted by Crippen LogP contribution is 2.34. The van der Waals surface area contributed by atoms with Gasteiger partial charge in [-0.1, -0.05) is 13.8 Å². The van der Waals surface area contributed by atoms with Gasteiger partial charge < -0.3 is 15.2 Å². The van der Waals surface area contributed by atoms with Crippen molar-refractivity contribution in [2.75, 3.05) is 33.4 Å². The normalized spacial score (nSPS) is 28.6. The number of ether oxygens (including phenoxy) is 2. The van der Waals surface area contributed by atoms with Crippen LogP contribution in [0.3, 0.4) is 0 Å². The molecule has 1 heterocycles. The highest BCUT2D eigenvalue weighted by atomic mass is 16.5. The molecule has 0 aromatic rings. The van der Waals surface area contributed by atoms with E-state index in [0.29, 0.717) is 24.6 Å². The third-order valence-electron chi connectivity index (χ3n) is 4.37. The molecule has 0 amide bonds. The van der Waals surface area contributed by atoms with Crippen LogP contribution < -0.4 is 5.73 Å². The van der Waals surface area contributed by atoms with Crippen LogP contribution in [0.25, 0.3) is 0 Å². The molecular weight excluding hydrogens is 240 g/mol. The van der Waals surface area contributed by atoms with Crippen molar-refractivity contribution in [2.45, 2.75) is 58.2 Å². The zero-order valence-electron chi connectivity index (χ0n) is 13.3. The van der Waals surface area contributed by atoms with Crippen LogP contribution >= 0.6 is 0 Å². The van der Waals surface area contributed by atoms with Gasteiger partial charge in [-0.05, 0) is 32.6 Å². The molecule has 0 spiro atoms. The lowest BCUT2D eigenvalue weighted by atomic mass is 9.81. The molecule has 114 valence electrons. The first kappa shape index (κ1) is 16.9. The molecule has 2 atom stereocenters. The SMILES string of the molecule is COCCN(C(C)C)C1(CN)CCOC(C(C)C)C1. The van der Waals surface area contributed by atoms with Gasteiger partial charge in [-0.2, -0.15) is 0 Å². The maximum absolute atomic E-state index is 6.17. The predicted octanol–water partition coefficient (Wildman–Crippen LogP) is 1.88. The van der Waals surface area contributed by atoms with Crippen molar-refractivity contribution in [1.29, 1.82) is 0 Å². The van der Waals surface area contributed by atoms with Gasteiger partial charge in [0, 0.05) is 38.4 Å². The molecule has 4 nitrogen and oxygen atoms in total. The molecule has 2 N–H and O–H groups in total. The summed E-state index contributed by atoms with van der Waals surface area (Å²) in [5.41, 5.74) is 6.24. The monoisotopic (exact) mass is 272 g/mol. The average Bonchev–Trinajstić information content (AvgIpc) is 2.39. The third-order valence-corrected chi connectivity index (χ3v) is 4.37. The van der Waals surface area contributed by atoms with E-state index in [1.165, 1.54) is 0 Å². The maximum atomic E-state index is 6.17. The molecule has 0 bridgehead atoms. The summed E-state index contributed by atoms with van der Waals surface area (Å²) in [7, 11) is 1.76. The predicted molar refractivity (Wildman–Crippen MR) is 79.3 cm³/mol. The van der Waals surface area contributed by atoms with E-state index in [1.54, 1.807) is 7.11 Å². The van der Waals surface area contributed by atoms with Crippen LogP contribution in [-0.4, -0.2) is 56.0 Å². The summed E-state index contributed by atoms with van der Waals surface area (Å²) in [6.45, 7) is 12.2. The molecule has 0 radical (unpaired) electrons. The van der Waals surface area contributed by atoms with Crippen molar-refractivity contribution < 1.29 is 9.47 Å². The van der Waals surface area contributed by atoms with Crippen LogP contribution in [0.4, 0.5) is 0 Å². The fourth-order valence-electron chi connectivity index (χ4n) is 3.16. The van der Waals surface area contributed by atoms with E-state index in [4.69, 9.17) is 15.2 Å². The van der Waals surface area contributed by atoms with E-state index in [2.05, 4.69) is 32.6 Å². The Morgan fingerprint density at radius 2 is 2.05 bits per heavy atom. The Kier molecular flexibility index (Phi) is 6.74. The quantitative estimate of drug-likeness (QED) is 0.768. The topological polar surface area (TPSA) is 47.7 Å². The summed E-state index contributed by atoms with van der Waals surface area (Å²) in [5, 5.41) is 0. The Morgan fingerprint density at radius 3 is 2.53 bits per heavy atom. The maximum Gasteiger partial charge on any atom is 0.0616 e. The van der Waals surface area contributed by atoms with E-state index >= 15 is 0 Å². The average molecular weight is 272 g/mol. The Morgan fingerprint density at radius 1 is 1.37 bits per heavy atom. The van der Waals surface area contributed by atoms with Crippen molar-refractivity contribution >= 4 is 0 Å². The lowest BCUT2D eigenvalue weighted by Crippen LogP contribution is -2.61. The van der Waals surface area contributed by atoms with E-state index in [9.17, 15) is 0 Å². The number of rotatable bonds is 7. The zero-order chi connectivity index (χ0) is 14.5. The summed E-state index contributed by atoms with van der Waals surface area (Å²) in [5.74, 6) is 0.544. The van der Waals surface area contributed by atoms with Gasteiger partial charge in [-0.15, -0.1) is 0 Å². The molecule has 1 aliphatic heterocycles. The van der Waals surface area contributed by atoms with Crippen molar-refractivity contribution in [3.63, 3.8) is 0 Å². The summed E-state index contributed by atoms with van der Waals surface area (Å²) in [6, 6.07) is 0.476. The smallest absolute Gasteiger partial charge is 0.0616 e. The Hall–Kier alpha value is -0.160. The molecule has 1 fully saturated rings. The van der Waals surface area contributed by atoms with Crippen molar-refractivity contribution in [3.8, 4) is 0 Å². The zero-order valence-corrected chi connectivity index (χ0v) is 13.3. The first-order valence-corrected chi connectivity index (χ1v) is 7.54. The van der Waals surface area contributed by atoms with E-state index < -0.39 is 0 Å². The molecule has 4 heteroatoms. The Balaban J connectivity index is 2.85. The Bertz CT molecular complexity index is 259. The van der Waals surface area contributed by atoms with Crippen LogP contribution in [0.1, 0.15) is 40.5 Å². The standard InChI is InChI=1S/C15H32N2O2/c1-12(2)14-10-15(11-16,6-8-19-14)17(13(3)4)7-9-18-5/h12-14H,6-11,16H2,1-5H3. The second kappa shape index (κ2) is 7.58. The number of methoxy groups -OCH3 is 1. The third kappa shape index (κ3) is 4.15. The number of nitrogens with zero attached hydrogens (tertiary/aromatic N) is 1. The molecule has 0 saturated carbocycles. The minimum absolute atomic E-state index is 0.0693. The first-order valence-electron chi connectivity index (χ1n) is 7.54. The molecule has 0 aliphatic carbocycles. The molecule has 1 saturated heterocycles. The summed E-state index contributed by atoms with van der Waals surface area (Å²) in [4.78, 5) is 2.52. The van der Waals surface area contributed by atoms with Gasteiger partial charge >= 0.3 is 0 Å². The van der Waals surface area contributed by atoms with Crippen molar-refractivity contribution in [2.24, 2.45) is 11.7 Å². The van der Waals surface area contributed by atoms with Crippen LogP contribution in [0.5, 0.6) is 0 Å². The summed E-state index contributed by atoms with van der Waals surface area (Å²) in [6.07, 6.45) is 2.37. The fourth-order valence-corrected chi connectivity index (χ4v) is 3.16. The van der Waals surface area contributed by atoms with Gasteiger partial charge in [0.1, 0.15) is 0 Å². The Labute approximate surface area is 118 Å². The number of hydrogen-bond donors (Lipinski definition) is 1. The van der Waals surface area contributed by atoms with E-state index in [-0.39, 0.29) is 5.54 Å². The van der Waals surface area contributed by atoms with Gasteiger partial charge in [0.2, 0.25) is 0 Å². The van der Waals surface area contributed by atoms with Gasteiger partial charge in [-0.3, -0.25) is 4.90 Å². The molecule has 0 aromatic carbocycles. The largest absolute Gasteiger partial charge is 0.383 e. The summed E-state index contributed by atoms with van der Waals surface area (Å²) >= 11 is 0. The first-order chi connectivity index (χ1) is 8.96. The van der Waals surface area contributed by atoms with Gasteiger partial charge in [0.05, 0.1) is 12.7 Å². The van der Waals surface area contributed by atoms with Gasteiger partial charge in [0.15, 0.2) is 0 Å². The molecular formula is C15H32N2O2. The van der Waals surface area contributed by atoms with Crippen molar-refractivity contribution in [3.05, 3.63) is 0 Å². The van der Waals surface area contributed by atoms with Crippen LogP contribution in [-0.2, 0) is 9.47 Å². The molecule has 0 aromatic heterocycles.